The van der Waals surface area contributed by atoms with Crippen LogP contribution < -0.4 is 21.7 Å². The lowest BCUT2D eigenvalue weighted by Gasteiger charge is -2.28. The molecule has 0 radical (unpaired) electrons. The number of nitrogens with two attached hydrogens (primary N) is 1. The molecule has 0 rings (SSSR count). The van der Waals surface area contributed by atoms with E-state index >= 15 is 0 Å². The number of aliphatic carboxylic acids is 3. The van der Waals surface area contributed by atoms with Crippen molar-refractivity contribution >= 4 is 35.6 Å². The molecule has 6 atom stereocenters. The molecule has 0 aromatic heterocycles. The summed E-state index contributed by atoms with van der Waals surface area (Å²) < 4.78 is 0. The van der Waals surface area contributed by atoms with E-state index in [0.29, 0.717) is 6.42 Å². The highest BCUT2D eigenvalue weighted by molar-refractivity contribution is 5.95. The lowest BCUT2D eigenvalue weighted by Crippen LogP contribution is -2.59. The first-order valence-electron chi connectivity index (χ1n) is 10.2. The van der Waals surface area contributed by atoms with E-state index in [4.69, 9.17) is 21.1 Å². The fourth-order valence-corrected chi connectivity index (χ4v) is 2.62. The fraction of sp³-hybridized carbons (Fsp3) is 0.684. The Morgan fingerprint density at radius 1 is 0.818 bits per heavy atom. The molecule has 0 fully saturated rings. The van der Waals surface area contributed by atoms with Gasteiger partial charge in [0.15, 0.2) is 0 Å². The van der Waals surface area contributed by atoms with Gasteiger partial charge in [-0.15, -0.1) is 0 Å². The Morgan fingerprint density at radius 3 is 1.79 bits per heavy atom. The maximum absolute atomic E-state index is 12.9. The number of rotatable bonds is 15. The Balaban J connectivity index is 5.66. The summed E-state index contributed by atoms with van der Waals surface area (Å²) in [5.41, 5.74) is 5.58. The Morgan fingerprint density at radius 2 is 1.36 bits per heavy atom. The van der Waals surface area contributed by atoms with E-state index in [1.807, 2.05) is 5.32 Å². The lowest BCUT2D eigenvalue weighted by molar-refractivity contribution is -0.147. The zero-order valence-electron chi connectivity index (χ0n) is 18.6. The van der Waals surface area contributed by atoms with Crippen molar-refractivity contribution in [3.63, 3.8) is 0 Å². The van der Waals surface area contributed by atoms with E-state index in [-0.39, 0.29) is 0 Å². The molecule has 0 aromatic carbocycles. The Bertz CT molecular complexity index is 742. The van der Waals surface area contributed by atoms with Crippen LogP contribution in [0.4, 0.5) is 0 Å². The SMILES string of the molecule is CC[C@H](C)[C@H](NC(=O)[C@@H](N)[C@@H](C)O)C(=O)N[C@@H](CCC(=O)O)C(=O)N[C@@H](CC(=O)O)C(=O)O. The predicted molar refractivity (Wildman–Crippen MR) is 112 cm³/mol. The number of hydrogen-bond acceptors (Lipinski definition) is 8. The van der Waals surface area contributed by atoms with Gasteiger partial charge in [0.1, 0.15) is 24.2 Å². The zero-order chi connectivity index (χ0) is 25.9. The number of nitrogens with one attached hydrogen (secondary N) is 3. The molecule has 0 aliphatic carbocycles. The molecule has 0 saturated heterocycles. The number of amides is 3. The minimum Gasteiger partial charge on any atom is -0.481 e. The van der Waals surface area contributed by atoms with Crippen molar-refractivity contribution in [3.8, 4) is 0 Å². The summed E-state index contributed by atoms with van der Waals surface area (Å²) in [6.45, 7) is 4.63. The molecule has 0 unspecified atom stereocenters. The number of carboxylic acid groups (broad SMARTS) is 3. The van der Waals surface area contributed by atoms with Gasteiger partial charge in [-0.25, -0.2) is 4.79 Å². The Labute approximate surface area is 189 Å². The van der Waals surface area contributed by atoms with Crippen LogP contribution in [0.3, 0.4) is 0 Å². The van der Waals surface area contributed by atoms with Gasteiger partial charge in [0.2, 0.25) is 17.7 Å². The third kappa shape index (κ3) is 10.7. The number of carbonyl (C=O) groups excluding carboxylic acids is 3. The van der Waals surface area contributed by atoms with Crippen LogP contribution in [0.5, 0.6) is 0 Å². The van der Waals surface area contributed by atoms with Gasteiger partial charge in [0.05, 0.1) is 12.5 Å². The van der Waals surface area contributed by atoms with E-state index in [2.05, 4.69) is 10.6 Å². The van der Waals surface area contributed by atoms with Crippen LogP contribution in [-0.4, -0.2) is 86.3 Å². The minimum absolute atomic E-state index is 0.411. The standard InChI is InChI=1S/C19H32N4O10/c1-4-8(2)15(23-17(30)14(20)9(3)24)18(31)21-10(5-6-12(25)26)16(29)22-11(19(32)33)7-13(27)28/h8-11,14-15,24H,4-7,20H2,1-3H3,(H,21,31)(H,22,29)(H,23,30)(H,25,26)(H,27,28)(H,32,33)/t8-,9+,10-,11-,14-,15-/m0/s1. The van der Waals surface area contributed by atoms with Crippen LogP contribution in [0, 0.1) is 5.92 Å². The summed E-state index contributed by atoms with van der Waals surface area (Å²) in [4.78, 5) is 70.6. The van der Waals surface area contributed by atoms with Crippen molar-refractivity contribution in [1.82, 2.24) is 16.0 Å². The van der Waals surface area contributed by atoms with E-state index in [1.54, 1.807) is 13.8 Å². The number of hydrogen-bond donors (Lipinski definition) is 8. The summed E-state index contributed by atoms with van der Waals surface area (Å²) in [5.74, 6) is -7.69. The molecular weight excluding hydrogens is 444 g/mol. The molecule has 33 heavy (non-hydrogen) atoms. The number of carboxylic acids is 3. The molecule has 14 heteroatoms. The van der Waals surface area contributed by atoms with Crippen LogP contribution in [-0.2, 0) is 28.8 Å². The normalized spacial score (nSPS) is 16.3. The van der Waals surface area contributed by atoms with E-state index < -0.39 is 91.1 Å². The van der Waals surface area contributed by atoms with Gasteiger partial charge in [-0.1, -0.05) is 20.3 Å². The van der Waals surface area contributed by atoms with Crippen molar-refractivity contribution in [2.75, 3.05) is 0 Å². The molecule has 0 aliphatic rings. The quantitative estimate of drug-likeness (QED) is 0.124. The van der Waals surface area contributed by atoms with Crippen molar-refractivity contribution in [2.24, 2.45) is 11.7 Å². The second-order valence-electron chi connectivity index (χ2n) is 7.63. The van der Waals surface area contributed by atoms with Gasteiger partial charge in [-0.05, 0) is 19.3 Å². The van der Waals surface area contributed by atoms with Crippen molar-refractivity contribution < 1.29 is 49.2 Å². The molecule has 0 spiro atoms. The summed E-state index contributed by atoms with van der Waals surface area (Å²) in [5, 5.41) is 43.0. The first-order valence-corrected chi connectivity index (χ1v) is 10.2. The Hall–Kier alpha value is -3.26. The van der Waals surface area contributed by atoms with E-state index in [1.165, 1.54) is 6.92 Å². The lowest BCUT2D eigenvalue weighted by atomic mass is 9.97. The largest absolute Gasteiger partial charge is 0.481 e. The second-order valence-corrected chi connectivity index (χ2v) is 7.63. The molecule has 14 nitrogen and oxygen atoms in total. The van der Waals surface area contributed by atoms with Crippen molar-refractivity contribution in [3.05, 3.63) is 0 Å². The van der Waals surface area contributed by atoms with Crippen LogP contribution in [0.2, 0.25) is 0 Å². The third-order valence-corrected chi connectivity index (χ3v) is 4.89. The molecular formula is C19H32N4O10. The van der Waals surface area contributed by atoms with Gasteiger partial charge in [0.25, 0.3) is 0 Å². The van der Waals surface area contributed by atoms with E-state index in [9.17, 15) is 33.9 Å². The highest BCUT2D eigenvalue weighted by atomic mass is 16.4. The van der Waals surface area contributed by atoms with Crippen LogP contribution in [0.25, 0.3) is 0 Å². The van der Waals surface area contributed by atoms with Crippen LogP contribution >= 0.6 is 0 Å². The van der Waals surface area contributed by atoms with Crippen molar-refractivity contribution in [2.45, 2.75) is 76.7 Å². The van der Waals surface area contributed by atoms with Gasteiger partial charge < -0.3 is 42.1 Å². The highest BCUT2D eigenvalue weighted by Gasteiger charge is 2.33. The van der Waals surface area contributed by atoms with Gasteiger partial charge in [-0.2, -0.15) is 0 Å². The highest BCUT2D eigenvalue weighted by Crippen LogP contribution is 2.10. The maximum atomic E-state index is 12.9. The smallest absolute Gasteiger partial charge is 0.326 e. The van der Waals surface area contributed by atoms with Crippen LogP contribution in [0.1, 0.15) is 46.5 Å². The first-order chi connectivity index (χ1) is 15.2. The second kappa shape index (κ2) is 14.0. The Kier molecular flexibility index (Phi) is 12.6. The van der Waals surface area contributed by atoms with Gasteiger partial charge in [0, 0.05) is 6.42 Å². The molecule has 9 N–H and O–H groups in total. The van der Waals surface area contributed by atoms with Crippen molar-refractivity contribution in [1.29, 1.82) is 0 Å². The summed E-state index contributed by atoms with van der Waals surface area (Å²) in [6.07, 6.45) is -2.73. The molecule has 0 saturated carbocycles. The minimum atomic E-state index is -1.81. The predicted octanol–water partition coefficient (Wildman–Crippen LogP) is -2.38. The number of aliphatic hydroxyl groups excluding tert-OH is 1. The van der Waals surface area contributed by atoms with Gasteiger partial charge in [-0.3, -0.25) is 24.0 Å². The average Bonchev–Trinajstić information content (AvgIpc) is 2.71. The molecule has 0 aromatic rings. The average molecular weight is 476 g/mol. The first kappa shape index (κ1) is 29.7. The topological polar surface area (TPSA) is 245 Å². The number of aliphatic hydroxyl groups is 1. The number of carbonyl (C=O) groups is 6. The summed E-state index contributed by atoms with van der Waals surface area (Å²) >= 11 is 0. The summed E-state index contributed by atoms with van der Waals surface area (Å²) in [6, 6.07) is -5.88. The van der Waals surface area contributed by atoms with Crippen LogP contribution in [0.15, 0.2) is 0 Å². The maximum Gasteiger partial charge on any atom is 0.326 e. The molecule has 0 aliphatic heterocycles. The monoisotopic (exact) mass is 476 g/mol. The molecule has 188 valence electrons. The zero-order valence-corrected chi connectivity index (χ0v) is 18.6. The third-order valence-electron chi connectivity index (χ3n) is 4.89. The molecule has 3 amide bonds. The fourth-order valence-electron chi connectivity index (χ4n) is 2.62. The van der Waals surface area contributed by atoms with Gasteiger partial charge >= 0.3 is 17.9 Å². The van der Waals surface area contributed by atoms with E-state index in [0.717, 1.165) is 0 Å². The molecule has 0 bridgehead atoms. The molecule has 0 heterocycles. The summed E-state index contributed by atoms with van der Waals surface area (Å²) in [7, 11) is 0.